The molecule has 0 bridgehead atoms. The molecule has 25 heavy (non-hydrogen) atoms. The second kappa shape index (κ2) is 6.51. The van der Waals surface area contributed by atoms with Crippen molar-refractivity contribution in [1.29, 1.82) is 0 Å². The Morgan fingerprint density at radius 3 is 2.80 bits per heavy atom. The van der Waals surface area contributed by atoms with Crippen molar-refractivity contribution in [3.8, 4) is 11.4 Å². The van der Waals surface area contributed by atoms with Crippen LogP contribution in [-0.2, 0) is 13.1 Å². The van der Waals surface area contributed by atoms with Gasteiger partial charge in [-0.15, -0.1) is 0 Å². The van der Waals surface area contributed by atoms with E-state index in [0.29, 0.717) is 5.92 Å². The average Bonchev–Trinajstić information content (AvgIpc) is 3.24. The van der Waals surface area contributed by atoms with E-state index in [1.165, 1.54) is 11.1 Å². The highest BCUT2D eigenvalue weighted by Crippen LogP contribution is 2.27. The molecule has 0 aliphatic heterocycles. The highest BCUT2D eigenvalue weighted by atomic mass is 15.1. The molecule has 0 N–H and O–H groups in total. The first-order valence-electron chi connectivity index (χ1n) is 8.55. The summed E-state index contributed by atoms with van der Waals surface area (Å²) in [6.07, 6.45) is 11.5. The molecule has 0 unspecified atom stereocenters. The maximum Gasteiger partial charge on any atom is 0.140 e. The van der Waals surface area contributed by atoms with E-state index in [2.05, 4.69) is 56.1 Å². The van der Waals surface area contributed by atoms with Crippen molar-refractivity contribution in [3.05, 3.63) is 67.3 Å². The number of nitrogens with zero attached hydrogens (tertiary/aromatic N) is 5. The minimum Gasteiger partial charge on any atom is -0.333 e. The lowest BCUT2D eigenvalue weighted by atomic mass is 10.1. The molecule has 0 aliphatic rings. The smallest absolute Gasteiger partial charge is 0.140 e. The summed E-state index contributed by atoms with van der Waals surface area (Å²) in [7, 11) is 0. The minimum absolute atomic E-state index is 0.584. The number of pyridine rings is 1. The monoisotopic (exact) mass is 331 g/mol. The van der Waals surface area contributed by atoms with E-state index in [4.69, 9.17) is 0 Å². The number of aromatic nitrogens is 5. The van der Waals surface area contributed by atoms with Gasteiger partial charge in [-0.05, 0) is 17.4 Å². The predicted molar refractivity (Wildman–Crippen MR) is 99.1 cm³/mol. The maximum atomic E-state index is 4.62. The number of hydrogen-bond acceptors (Lipinski definition) is 3. The molecule has 0 amide bonds. The fourth-order valence-corrected chi connectivity index (χ4v) is 3.21. The van der Waals surface area contributed by atoms with Crippen LogP contribution in [0.5, 0.6) is 0 Å². The van der Waals surface area contributed by atoms with Gasteiger partial charge in [0, 0.05) is 48.5 Å². The highest BCUT2D eigenvalue weighted by Gasteiger charge is 2.12. The molecule has 0 spiro atoms. The van der Waals surface area contributed by atoms with Crippen LogP contribution in [0, 0.1) is 5.92 Å². The number of rotatable bonds is 5. The van der Waals surface area contributed by atoms with Crippen LogP contribution in [0.1, 0.15) is 19.5 Å². The molecule has 0 aliphatic carbocycles. The summed E-state index contributed by atoms with van der Waals surface area (Å²) in [5, 5.41) is 2.29. The van der Waals surface area contributed by atoms with Crippen LogP contribution in [0.2, 0.25) is 0 Å². The summed E-state index contributed by atoms with van der Waals surface area (Å²) in [6.45, 7) is 6.16. The van der Waals surface area contributed by atoms with E-state index in [9.17, 15) is 0 Å². The maximum absolute atomic E-state index is 4.62. The Balaban J connectivity index is 1.73. The molecule has 0 atom stereocenters. The topological polar surface area (TPSA) is 48.5 Å². The summed E-state index contributed by atoms with van der Waals surface area (Å²) in [4.78, 5) is 13.2. The highest BCUT2D eigenvalue weighted by molar-refractivity contribution is 5.94. The van der Waals surface area contributed by atoms with Crippen LogP contribution >= 0.6 is 0 Å². The Labute approximate surface area is 147 Å². The van der Waals surface area contributed by atoms with Crippen molar-refractivity contribution in [2.75, 3.05) is 0 Å². The van der Waals surface area contributed by atoms with Crippen LogP contribution in [0.4, 0.5) is 0 Å². The zero-order chi connectivity index (χ0) is 17.2. The summed E-state index contributed by atoms with van der Waals surface area (Å²) >= 11 is 0. The van der Waals surface area contributed by atoms with Crippen molar-refractivity contribution < 1.29 is 0 Å². The van der Waals surface area contributed by atoms with E-state index in [0.717, 1.165) is 29.9 Å². The molecule has 1 aromatic carbocycles. The molecule has 0 saturated carbocycles. The molecule has 126 valence electrons. The van der Waals surface area contributed by atoms with Crippen molar-refractivity contribution in [3.63, 3.8) is 0 Å². The van der Waals surface area contributed by atoms with E-state index in [-0.39, 0.29) is 0 Å². The van der Waals surface area contributed by atoms with Gasteiger partial charge in [-0.25, -0.2) is 9.97 Å². The van der Waals surface area contributed by atoms with Crippen molar-refractivity contribution >= 4 is 10.8 Å². The molecular weight excluding hydrogens is 310 g/mol. The van der Waals surface area contributed by atoms with E-state index in [1.54, 1.807) is 0 Å². The lowest BCUT2D eigenvalue weighted by Gasteiger charge is -2.13. The largest absolute Gasteiger partial charge is 0.333 e. The van der Waals surface area contributed by atoms with Gasteiger partial charge in [-0.3, -0.25) is 4.98 Å². The van der Waals surface area contributed by atoms with E-state index >= 15 is 0 Å². The fraction of sp³-hybridized carbons (Fsp3) is 0.250. The van der Waals surface area contributed by atoms with Crippen LogP contribution in [0.3, 0.4) is 0 Å². The normalized spacial score (nSPS) is 11.5. The summed E-state index contributed by atoms with van der Waals surface area (Å²) in [5.74, 6) is 1.55. The van der Waals surface area contributed by atoms with Crippen molar-refractivity contribution in [2.24, 2.45) is 5.92 Å². The van der Waals surface area contributed by atoms with E-state index in [1.807, 2.05) is 43.4 Å². The third-order valence-electron chi connectivity index (χ3n) is 4.33. The Kier molecular flexibility index (Phi) is 4.06. The van der Waals surface area contributed by atoms with Gasteiger partial charge in [0.25, 0.3) is 0 Å². The second-order valence-corrected chi connectivity index (χ2v) is 6.71. The van der Waals surface area contributed by atoms with Gasteiger partial charge < -0.3 is 9.13 Å². The van der Waals surface area contributed by atoms with Gasteiger partial charge in [0.2, 0.25) is 0 Å². The van der Waals surface area contributed by atoms with Crippen molar-refractivity contribution in [2.45, 2.75) is 26.9 Å². The van der Waals surface area contributed by atoms with Crippen LogP contribution in [-0.4, -0.2) is 24.1 Å². The number of benzene rings is 1. The minimum atomic E-state index is 0.584. The standard InChI is InChI=1S/C20H21N5/c1-15(2)12-25-14-22-11-17(25)13-24-9-8-23-20(24)19-5-3-4-16-10-21-7-6-18(16)19/h3-11,14-15H,12-13H2,1-2H3. The first-order chi connectivity index (χ1) is 12.2. The molecular formula is C20H21N5. The second-order valence-electron chi connectivity index (χ2n) is 6.71. The van der Waals surface area contributed by atoms with Gasteiger partial charge in [-0.2, -0.15) is 0 Å². The molecule has 4 aromatic rings. The molecule has 4 rings (SSSR count). The first-order valence-corrected chi connectivity index (χ1v) is 8.55. The van der Waals surface area contributed by atoms with Gasteiger partial charge >= 0.3 is 0 Å². The van der Waals surface area contributed by atoms with Gasteiger partial charge in [-0.1, -0.05) is 32.0 Å². The third kappa shape index (κ3) is 3.05. The Morgan fingerprint density at radius 2 is 1.92 bits per heavy atom. The number of hydrogen-bond donors (Lipinski definition) is 0. The number of fused-ring (bicyclic) bond motifs is 1. The first kappa shape index (κ1) is 15.6. The SMILES string of the molecule is CC(C)Cn1cncc1Cn1ccnc1-c1cccc2cnccc12. The molecule has 0 fully saturated rings. The molecule has 5 nitrogen and oxygen atoms in total. The van der Waals surface area contributed by atoms with Gasteiger partial charge in [0.05, 0.1) is 18.6 Å². The average molecular weight is 331 g/mol. The van der Waals surface area contributed by atoms with Crippen LogP contribution in [0.15, 0.2) is 61.6 Å². The Hall–Kier alpha value is -2.95. The lowest BCUT2D eigenvalue weighted by Crippen LogP contribution is -2.10. The van der Waals surface area contributed by atoms with Gasteiger partial charge in [0.1, 0.15) is 5.82 Å². The molecule has 3 aromatic heterocycles. The predicted octanol–water partition coefficient (Wildman–Crippen LogP) is 4.00. The molecule has 3 heterocycles. The summed E-state index contributed by atoms with van der Waals surface area (Å²) < 4.78 is 4.41. The van der Waals surface area contributed by atoms with Crippen LogP contribution < -0.4 is 0 Å². The van der Waals surface area contributed by atoms with E-state index < -0.39 is 0 Å². The quantitative estimate of drug-likeness (QED) is 0.555. The zero-order valence-corrected chi connectivity index (χ0v) is 14.5. The third-order valence-corrected chi connectivity index (χ3v) is 4.33. The zero-order valence-electron chi connectivity index (χ0n) is 14.5. The Morgan fingerprint density at radius 1 is 1.00 bits per heavy atom. The molecule has 0 saturated heterocycles. The van der Waals surface area contributed by atoms with Crippen molar-refractivity contribution in [1.82, 2.24) is 24.1 Å². The molecule has 5 heteroatoms. The number of imidazole rings is 2. The lowest BCUT2D eigenvalue weighted by molar-refractivity contribution is 0.504. The molecule has 0 radical (unpaired) electrons. The Bertz CT molecular complexity index is 991. The fourth-order valence-electron chi connectivity index (χ4n) is 3.21. The summed E-state index contributed by atoms with van der Waals surface area (Å²) in [6, 6.07) is 8.30. The summed E-state index contributed by atoms with van der Waals surface area (Å²) in [5.41, 5.74) is 2.31. The van der Waals surface area contributed by atoms with Crippen LogP contribution in [0.25, 0.3) is 22.2 Å². The van der Waals surface area contributed by atoms with Gasteiger partial charge in [0.15, 0.2) is 0 Å².